The van der Waals surface area contributed by atoms with Crippen LogP contribution >= 0.6 is 24.0 Å². The molecule has 1 aromatic heterocycles. The molecule has 0 spiro atoms. The molecule has 0 atom stereocenters. The van der Waals surface area contributed by atoms with Crippen LogP contribution in [0.1, 0.15) is 56.0 Å². The Labute approximate surface area is 178 Å². The minimum atomic E-state index is -0.187. The summed E-state index contributed by atoms with van der Waals surface area (Å²) in [5.41, 5.74) is 2.02. The molecule has 0 aliphatic heterocycles. The lowest BCUT2D eigenvalue weighted by atomic mass is 9.99. The van der Waals surface area contributed by atoms with Gasteiger partial charge in [-0.3, -0.25) is 4.99 Å². The largest absolute Gasteiger partial charge is 0.359 e. The van der Waals surface area contributed by atoms with Gasteiger partial charge in [-0.05, 0) is 43.4 Å². The summed E-state index contributed by atoms with van der Waals surface area (Å²) in [6, 6.07) is 8.74. The summed E-state index contributed by atoms with van der Waals surface area (Å²) in [5, 5.41) is 10.7. The Balaban J connectivity index is 0.00000364. The first-order valence-corrected chi connectivity index (χ1v) is 9.30. The highest BCUT2D eigenvalue weighted by molar-refractivity contribution is 14.0. The molecule has 2 aromatic rings. The van der Waals surface area contributed by atoms with Crippen LogP contribution in [0.25, 0.3) is 0 Å². The van der Waals surface area contributed by atoms with Gasteiger partial charge in [0, 0.05) is 25.6 Å². The fraction of sp³-hybridized carbons (Fsp3) is 0.500. The number of nitrogens with zero attached hydrogens (tertiary/aromatic N) is 2. The van der Waals surface area contributed by atoms with Crippen LogP contribution in [0.15, 0.2) is 39.8 Å². The molecule has 0 fully saturated rings. The maximum absolute atomic E-state index is 13.2. The SMILES string of the molecule is CCC(CC)c1cc(CNC(=NC)NCCCc2cccc(F)c2)on1.I. The molecule has 150 valence electrons. The Morgan fingerprint density at radius 3 is 2.67 bits per heavy atom. The zero-order valence-corrected chi connectivity index (χ0v) is 18.6. The van der Waals surface area contributed by atoms with Gasteiger partial charge in [-0.2, -0.15) is 0 Å². The van der Waals surface area contributed by atoms with E-state index in [2.05, 4.69) is 34.6 Å². The lowest BCUT2D eigenvalue weighted by Gasteiger charge is -2.10. The van der Waals surface area contributed by atoms with Crippen molar-refractivity contribution in [2.45, 2.75) is 52.0 Å². The number of benzene rings is 1. The molecule has 0 bridgehead atoms. The lowest BCUT2D eigenvalue weighted by Crippen LogP contribution is -2.37. The van der Waals surface area contributed by atoms with Gasteiger partial charge in [0.2, 0.25) is 0 Å². The molecule has 0 aliphatic carbocycles. The number of halogens is 2. The van der Waals surface area contributed by atoms with Gasteiger partial charge in [-0.25, -0.2) is 4.39 Å². The zero-order chi connectivity index (χ0) is 18.8. The molecule has 0 radical (unpaired) electrons. The molecule has 0 unspecified atom stereocenters. The van der Waals surface area contributed by atoms with Crippen LogP contribution in [-0.4, -0.2) is 24.7 Å². The molecule has 2 N–H and O–H groups in total. The molecule has 0 amide bonds. The molecular formula is C20H30FIN4O. The van der Waals surface area contributed by atoms with Crippen molar-refractivity contribution < 1.29 is 8.91 Å². The number of nitrogens with one attached hydrogen (secondary N) is 2. The maximum atomic E-state index is 13.2. The first-order chi connectivity index (χ1) is 12.7. The second-order valence-corrected chi connectivity index (χ2v) is 6.32. The van der Waals surface area contributed by atoms with E-state index < -0.39 is 0 Å². The molecule has 1 heterocycles. The molecule has 0 saturated heterocycles. The van der Waals surface area contributed by atoms with E-state index in [1.54, 1.807) is 19.2 Å². The van der Waals surface area contributed by atoms with Gasteiger partial charge in [-0.1, -0.05) is 31.1 Å². The minimum Gasteiger partial charge on any atom is -0.359 e. The highest BCUT2D eigenvalue weighted by Crippen LogP contribution is 2.22. The normalized spacial score (nSPS) is 11.4. The Morgan fingerprint density at radius 1 is 1.22 bits per heavy atom. The summed E-state index contributed by atoms with van der Waals surface area (Å²) in [4.78, 5) is 4.21. The number of rotatable bonds is 9. The number of aromatic nitrogens is 1. The topological polar surface area (TPSA) is 62.5 Å². The zero-order valence-electron chi connectivity index (χ0n) is 16.3. The van der Waals surface area contributed by atoms with E-state index in [1.165, 1.54) is 6.07 Å². The highest BCUT2D eigenvalue weighted by atomic mass is 127. The molecule has 5 nitrogen and oxygen atoms in total. The Morgan fingerprint density at radius 2 is 2.00 bits per heavy atom. The van der Waals surface area contributed by atoms with Crippen LogP contribution in [0, 0.1) is 5.82 Å². The van der Waals surface area contributed by atoms with E-state index in [4.69, 9.17) is 4.52 Å². The fourth-order valence-corrected chi connectivity index (χ4v) is 2.89. The predicted molar refractivity (Wildman–Crippen MR) is 118 cm³/mol. The van der Waals surface area contributed by atoms with Gasteiger partial charge < -0.3 is 15.2 Å². The number of guanidine groups is 1. The molecule has 0 aliphatic rings. The molecule has 1 aromatic carbocycles. The monoisotopic (exact) mass is 488 g/mol. The highest BCUT2D eigenvalue weighted by Gasteiger charge is 2.13. The summed E-state index contributed by atoms with van der Waals surface area (Å²) in [5.74, 6) is 1.78. The Bertz CT molecular complexity index is 701. The third kappa shape index (κ3) is 7.86. The predicted octanol–water partition coefficient (Wildman–Crippen LogP) is 4.63. The van der Waals surface area contributed by atoms with Gasteiger partial charge in [0.25, 0.3) is 0 Å². The average molecular weight is 488 g/mol. The van der Waals surface area contributed by atoms with Crippen molar-refractivity contribution in [1.29, 1.82) is 0 Å². The summed E-state index contributed by atoms with van der Waals surface area (Å²) >= 11 is 0. The number of hydrogen-bond donors (Lipinski definition) is 2. The standard InChI is InChI=1S/C20H29FN4O.HI/c1-4-16(5-2)19-13-18(26-25-19)14-24-20(22-3)23-11-7-9-15-8-6-10-17(21)12-15;/h6,8,10,12-13,16H,4-5,7,9,11,14H2,1-3H3,(H2,22,23,24);1H. The van der Waals surface area contributed by atoms with Crippen molar-refractivity contribution in [2.24, 2.45) is 4.99 Å². The molecule has 27 heavy (non-hydrogen) atoms. The lowest BCUT2D eigenvalue weighted by molar-refractivity contribution is 0.368. The van der Waals surface area contributed by atoms with Crippen LogP contribution in [-0.2, 0) is 13.0 Å². The van der Waals surface area contributed by atoms with E-state index in [0.29, 0.717) is 18.4 Å². The fourth-order valence-electron chi connectivity index (χ4n) is 2.89. The number of hydrogen-bond acceptors (Lipinski definition) is 3. The Hall–Kier alpha value is -1.64. The van der Waals surface area contributed by atoms with E-state index in [-0.39, 0.29) is 29.8 Å². The summed E-state index contributed by atoms with van der Waals surface area (Å²) in [6.07, 6.45) is 3.84. The molecule has 2 rings (SSSR count). The first-order valence-electron chi connectivity index (χ1n) is 9.30. The first kappa shape index (κ1) is 23.4. The third-order valence-corrected chi connectivity index (χ3v) is 4.46. The van der Waals surface area contributed by atoms with Crippen LogP contribution in [0.2, 0.25) is 0 Å². The van der Waals surface area contributed by atoms with Gasteiger partial charge in [0.1, 0.15) is 5.82 Å². The van der Waals surface area contributed by atoms with Crippen molar-refractivity contribution in [3.63, 3.8) is 0 Å². The molecule has 7 heteroatoms. The van der Waals surface area contributed by atoms with Crippen LogP contribution in [0.3, 0.4) is 0 Å². The van der Waals surface area contributed by atoms with Gasteiger partial charge in [-0.15, -0.1) is 24.0 Å². The smallest absolute Gasteiger partial charge is 0.191 e. The molecular weight excluding hydrogens is 458 g/mol. The number of aryl methyl sites for hydroxylation is 1. The van der Waals surface area contributed by atoms with Crippen molar-refractivity contribution in [2.75, 3.05) is 13.6 Å². The minimum absolute atomic E-state index is 0. The van der Waals surface area contributed by atoms with Crippen LogP contribution < -0.4 is 10.6 Å². The number of aliphatic imine (C=N–C) groups is 1. The summed E-state index contributed by atoms with van der Waals surface area (Å²) in [7, 11) is 1.73. The Kier molecular flexibility index (Phi) is 11.0. The van der Waals surface area contributed by atoms with Crippen molar-refractivity contribution in [1.82, 2.24) is 15.8 Å². The van der Waals surface area contributed by atoms with E-state index >= 15 is 0 Å². The summed E-state index contributed by atoms with van der Waals surface area (Å²) < 4.78 is 18.6. The third-order valence-electron chi connectivity index (χ3n) is 4.46. The van der Waals surface area contributed by atoms with E-state index in [9.17, 15) is 4.39 Å². The second kappa shape index (κ2) is 12.7. The van der Waals surface area contributed by atoms with Crippen molar-refractivity contribution >= 4 is 29.9 Å². The molecule has 0 saturated carbocycles. The van der Waals surface area contributed by atoms with Gasteiger partial charge in [0.05, 0.1) is 12.2 Å². The van der Waals surface area contributed by atoms with Crippen LogP contribution in [0.4, 0.5) is 4.39 Å². The van der Waals surface area contributed by atoms with E-state index in [1.807, 2.05) is 12.1 Å². The van der Waals surface area contributed by atoms with Crippen molar-refractivity contribution in [3.8, 4) is 0 Å². The summed E-state index contributed by atoms with van der Waals surface area (Å²) in [6.45, 7) is 5.62. The van der Waals surface area contributed by atoms with Crippen LogP contribution in [0.5, 0.6) is 0 Å². The average Bonchev–Trinajstić information content (AvgIpc) is 3.11. The maximum Gasteiger partial charge on any atom is 0.191 e. The van der Waals surface area contributed by atoms with Gasteiger partial charge in [0.15, 0.2) is 11.7 Å². The second-order valence-electron chi connectivity index (χ2n) is 6.32. The van der Waals surface area contributed by atoms with Crippen molar-refractivity contribution in [3.05, 3.63) is 53.2 Å². The van der Waals surface area contributed by atoms with E-state index in [0.717, 1.165) is 49.2 Å². The van der Waals surface area contributed by atoms with Gasteiger partial charge >= 0.3 is 0 Å². The quantitative estimate of drug-likeness (QED) is 0.234.